The standard InChI is InChI=1S/C23H21Cl2N3O2S2/c24-15-10-11-18(17(12-15)20(29)14-6-4-5-7-14)26-22(30)28-23-27-19(21(25)32-23)13-31-16-8-2-1-3-9-16/h1-3,8-12,14H,4-7,13H2,(H2,26,27,28,30). The van der Waals surface area contributed by atoms with Gasteiger partial charge in [-0.2, -0.15) is 0 Å². The van der Waals surface area contributed by atoms with E-state index in [0.717, 1.165) is 30.6 Å². The third-order valence-corrected chi connectivity index (χ3v) is 7.72. The summed E-state index contributed by atoms with van der Waals surface area (Å²) in [5.41, 5.74) is 1.59. The lowest BCUT2D eigenvalue weighted by Gasteiger charge is -2.14. The number of thioether (sulfide) groups is 1. The number of Topliss-reactive ketones (excluding diaryl/α,β-unsaturated/α-hetero) is 1. The van der Waals surface area contributed by atoms with Crippen molar-refractivity contribution in [1.82, 2.24) is 4.98 Å². The summed E-state index contributed by atoms with van der Waals surface area (Å²) < 4.78 is 0.535. The molecule has 2 aromatic carbocycles. The number of urea groups is 1. The van der Waals surface area contributed by atoms with Crippen molar-refractivity contribution < 1.29 is 9.59 Å². The minimum absolute atomic E-state index is 0.0143. The largest absolute Gasteiger partial charge is 0.325 e. The number of carbonyl (C=O) groups excluding carboxylic acids is 2. The van der Waals surface area contributed by atoms with Crippen molar-refractivity contribution in [2.45, 2.75) is 36.3 Å². The predicted octanol–water partition coefficient (Wildman–Crippen LogP) is 7.76. The fourth-order valence-electron chi connectivity index (χ4n) is 3.63. The molecule has 1 aliphatic rings. The fraction of sp³-hybridized carbons (Fsp3) is 0.261. The number of hydrogen-bond acceptors (Lipinski definition) is 5. The fourth-order valence-corrected chi connectivity index (χ4v) is 5.87. The highest BCUT2D eigenvalue weighted by molar-refractivity contribution is 7.98. The minimum Gasteiger partial charge on any atom is -0.307 e. The highest BCUT2D eigenvalue weighted by Crippen LogP contribution is 2.34. The summed E-state index contributed by atoms with van der Waals surface area (Å²) in [5.74, 6) is 0.609. The van der Waals surface area contributed by atoms with Gasteiger partial charge in [0, 0.05) is 27.2 Å². The van der Waals surface area contributed by atoms with Crippen molar-refractivity contribution in [2.24, 2.45) is 5.92 Å². The third-order valence-electron chi connectivity index (χ3n) is 5.21. The van der Waals surface area contributed by atoms with E-state index in [2.05, 4.69) is 15.6 Å². The molecule has 0 atom stereocenters. The second-order valence-corrected chi connectivity index (χ2v) is 10.5. The van der Waals surface area contributed by atoms with Crippen molar-refractivity contribution >= 4 is 68.9 Å². The number of halogens is 2. The summed E-state index contributed by atoms with van der Waals surface area (Å²) in [7, 11) is 0. The van der Waals surface area contributed by atoms with E-state index in [1.807, 2.05) is 30.3 Å². The Hall–Kier alpha value is -2.06. The van der Waals surface area contributed by atoms with E-state index in [4.69, 9.17) is 23.2 Å². The first kappa shape index (κ1) is 23.1. The molecule has 0 saturated heterocycles. The van der Waals surface area contributed by atoms with E-state index in [0.29, 0.717) is 37.2 Å². The first-order valence-electron chi connectivity index (χ1n) is 10.2. The molecular formula is C23H21Cl2N3O2S2. The zero-order valence-corrected chi connectivity index (χ0v) is 20.2. The Morgan fingerprint density at radius 3 is 2.56 bits per heavy atom. The quantitative estimate of drug-likeness (QED) is 0.254. The van der Waals surface area contributed by atoms with Gasteiger partial charge in [-0.15, -0.1) is 11.8 Å². The maximum Gasteiger partial charge on any atom is 0.325 e. The van der Waals surface area contributed by atoms with E-state index in [9.17, 15) is 9.59 Å². The zero-order valence-electron chi connectivity index (χ0n) is 17.1. The van der Waals surface area contributed by atoms with E-state index in [-0.39, 0.29) is 11.7 Å². The number of nitrogens with zero attached hydrogens (tertiary/aromatic N) is 1. The SMILES string of the molecule is O=C(Nc1nc(CSc2ccccc2)c(Cl)s1)Nc1ccc(Cl)cc1C(=O)C1CCCC1. The van der Waals surface area contributed by atoms with Crippen LogP contribution in [0.4, 0.5) is 15.6 Å². The molecule has 0 spiro atoms. The lowest BCUT2D eigenvalue weighted by Crippen LogP contribution is -2.22. The topological polar surface area (TPSA) is 71.1 Å². The molecule has 1 aliphatic carbocycles. The van der Waals surface area contributed by atoms with Gasteiger partial charge >= 0.3 is 6.03 Å². The average Bonchev–Trinajstić information content (AvgIpc) is 3.44. The van der Waals surface area contributed by atoms with Gasteiger partial charge in [0.1, 0.15) is 4.34 Å². The molecule has 0 radical (unpaired) electrons. The van der Waals surface area contributed by atoms with Gasteiger partial charge in [0.25, 0.3) is 0 Å². The summed E-state index contributed by atoms with van der Waals surface area (Å²) in [5, 5.41) is 6.35. The van der Waals surface area contributed by atoms with Crippen LogP contribution in [-0.4, -0.2) is 16.8 Å². The van der Waals surface area contributed by atoms with E-state index in [1.54, 1.807) is 30.0 Å². The first-order chi connectivity index (χ1) is 15.5. The van der Waals surface area contributed by atoms with Gasteiger partial charge < -0.3 is 5.32 Å². The van der Waals surface area contributed by atoms with Gasteiger partial charge in [-0.1, -0.05) is 65.6 Å². The summed E-state index contributed by atoms with van der Waals surface area (Å²) in [6.45, 7) is 0. The van der Waals surface area contributed by atoms with Crippen molar-refractivity contribution in [2.75, 3.05) is 10.6 Å². The Kier molecular flexibility index (Phi) is 7.73. The number of rotatable bonds is 7. The van der Waals surface area contributed by atoms with Crippen molar-refractivity contribution in [1.29, 1.82) is 0 Å². The second kappa shape index (κ2) is 10.7. The molecule has 0 bridgehead atoms. The maximum absolute atomic E-state index is 12.9. The second-order valence-electron chi connectivity index (χ2n) is 7.46. The van der Waals surface area contributed by atoms with E-state index >= 15 is 0 Å². The van der Waals surface area contributed by atoms with Crippen molar-refractivity contribution in [3.8, 4) is 0 Å². The smallest absolute Gasteiger partial charge is 0.307 e. The number of amides is 2. The molecule has 1 heterocycles. The van der Waals surface area contributed by atoms with Crippen molar-refractivity contribution in [3.05, 3.63) is 69.1 Å². The van der Waals surface area contributed by atoms with Crippen LogP contribution in [-0.2, 0) is 5.75 Å². The lowest BCUT2D eigenvalue weighted by atomic mass is 9.95. The Labute approximate surface area is 204 Å². The average molecular weight is 506 g/mol. The number of thiazole rings is 1. The van der Waals surface area contributed by atoms with Crippen LogP contribution in [0.2, 0.25) is 9.36 Å². The van der Waals surface area contributed by atoms with Crippen LogP contribution in [0, 0.1) is 5.92 Å². The van der Waals surface area contributed by atoms with Crippen LogP contribution in [0.5, 0.6) is 0 Å². The van der Waals surface area contributed by atoms with Crippen molar-refractivity contribution in [3.63, 3.8) is 0 Å². The molecule has 1 fully saturated rings. The molecule has 4 rings (SSSR count). The molecule has 2 N–H and O–H groups in total. The number of benzene rings is 2. The highest BCUT2D eigenvalue weighted by atomic mass is 35.5. The predicted molar refractivity (Wildman–Crippen MR) is 134 cm³/mol. The Balaban J connectivity index is 1.41. The maximum atomic E-state index is 12.9. The molecule has 0 aliphatic heterocycles. The molecule has 3 aromatic rings. The molecule has 32 heavy (non-hydrogen) atoms. The summed E-state index contributed by atoms with van der Waals surface area (Å²) >= 11 is 15.3. The summed E-state index contributed by atoms with van der Waals surface area (Å²) in [6, 6.07) is 14.4. The molecule has 166 valence electrons. The number of anilines is 2. The monoisotopic (exact) mass is 505 g/mol. The zero-order chi connectivity index (χ0) is 22.5. The molecule has 0 unspecified atom stereocenters. The van der Waals surface area contributed by atoms with Gasteiger partial charge in [-0.05, 0) is 43.2 Å². The van der Waals surface area contributed by atoms with Crippen LogP contribution in [0.25, 0.3) is 0 Å². The van der Waals surface area contributed by atoms with Crippen LogP contribution in [0.3, 0.4) is 0 Å². The van der Waals surface area contributed by atoms with Crippen LogP contribution < -0.4 is 10.6 Å². The van der Waals surface area contributed by atoms with Gasteiger partial charge in [0.05, 0.1) is 11.4 Å². The molecule has 1 saturated carbocycles. The lowest BCUT2D eigenvalue weighted by molar-refractivity contribution is 0.0924. The first-order valence-corrected chi connectivity index (χ1v) is 12.8. The number of ketones is 1. The van der Waals surface area contributed by atoms with Crippen LogP contribution in [0.1, 0.15) is 41.7 Å². The highest BCUT2D eigenvalue weighted by Gasteiger charge is 2.26. The number of nitrogens with one attached hydrogen (secondary N) is 2. The molecule has 5 nitrogen and oxygen atoms in total. The van der Waals surface area contributed by atoms with Gasteiger partial charge in [-0.3, -0.25) is 10.1 Å². The van der Waals surface area contributed by atoms with Gasteiger partial charge in [0.15, 0.2) is 10.9 Å². The van der Waals surface area contributed by atoms with Crippen LogP contribution in [0.15, 0.2) is 53.4 Å². The molecule has 1 aromatic heterocycles. The molecule has 2 amide bonds. The van der Waals surface area contributed by atoms with E-state index < -0.39 is 6.03 Å². The van der Waals surface area contributed by atoms with Crippen LogP contribution >= 0.6 is 46.3 Å². The van der Waals surface area contributed by atoms with E-state index in [1.165, 1.54) is 11.3 Å². The summed E-state index contributed by atoms with van der Waals surface area (Å²) in [4.78, 5) is 31.1. The van der Waals surface area contributed by atoms with Gasteiger partial charge in [0.2, 0.25) is 0 Å². The summed E-state index contributed by atoms with van der Waals surface area (Å²) in [6.07, 6.45) is 3.85. The normalized spacial score (nSPS) is 13.8. The number of carbonyl (C=O) groups is 2. The molecule has 9 heteroatoms. The van der Waals surface area contributed by atoms with Gasteiger partial charge in [-0.25, -0.2) is 9.78 Å². The Morgan fingerprint density at radius 1 is 1.06 bits per heavy atom. The molecular weight excluding hydrogens is 485 g/mol. The Bertz CT molecular complexity index is 1120. The Morgan fingerprint density at radius 2 is 1.81 bits per heavy atom. The number of aromatic nitrogens is 1. The number of hydrogen-bond donors (Lipinski definition) is 2. The minimum atomic E-state index is -0.486. The third kappa shape index (κ3) is 5.84.